The molecular formula is C21H15Cl2N5O5. The van der Waals surface area contributed by atoms with Gasteiger partial charge in [-0.2, -0.15) is 4.98 Å². The molecule has 2 aromatic carbocycles. The van der Waals surface area contributed by atoms with Crippen molar-refractivity contribution in [3.05, 3.63) is 62.4 Å². The number of nitrogens with one attached hydrogen (secondary N) is 4. The van der Waals surface area contributed by atoms with E-state index >= 15 is 0 Å². The molecular weight excluding hydrogens is 473 g/mol. The average molecular weight is 488 g/mol. The smallest absolute Gasteiger partial charge is 0.258 e. The third-order valence-electron chi connectivity index (χ3n) is 5.03. The molecule has 10 nitrogen and oxygen atoms in total. The van der Waals surface area contributed by atoms with Gasteiger partial charge in [0.2, 0.25) is 24.6 Å². The highest BCUT2D eigenvalue weighted by molar-refractivity contribution is 6.35. The Kier molecular flexibility index (Phi) is 5.31. The molecule has 1 aromatic heterocycles. The first-order valence-electron chi connectivity index (χ1n) is 9.73. The summed E-state index contributed by atoms with van der Waals surface area (Å²) in [5, 5.41) is 8.93. The van der Waals surface area contributed by atoms with Crippen LogP contribution in [0.4, 0.5) is 23.1 Å². The predicted octanol–water partition coefficient (Wildman–Crippen LogP) is 3.61. The lowest BCUT2D eigenvalue weighted by Gasteiger charge is -2.23. The Bertz CT molecular complexity index is 1340. The first-order valence-corrected chi connectivity index (χ1v) is 10.5. The normalized spacial score (nSPS) is 16.1. The molecule has 12 heteroatoms. The third kappa shape index (κ3) is 4.30. The fourth-order valence-corrected chi connectivity index (χ4v) is 4.15. The van der Waals surface area contributed by atoms with E-state index in [1.165, 1.54) is 0 Å². The molecule has 2 amide bonds. The number of hydrogen-bond acceptors (Lipinski definition) is 7. The van der Waals surface area contributed by atoms with E-state index in [0.29, 0.717) is 32.9 Å². The maximum Gasteiger partial charge on any atom is 0.258 e. The number of amides is 2. The summed E-state index contributed by atoms with van der Waals surface area (Å²) >= 11 is 12.0. The van der Waals surface area contributed by atoms with Gasteiger partial charge in [-0.3, -0.25) is 19.4 Å². The van der Waals surface area contributed by atoms with Crippen LogP contribution >= 0.6 is 23.2 Å². The standard InChI is InChI=1S/C21H15Cl2N5O5/c22-9-3-10(23)5-12(4-9)25-21-27-18-17(20(31)28-21)13(7-16(29)26-18)19(30)24-11-1-2-14-15(6-11)33-8-32-14/h1-6,13H,7-8H2,(H,24,30)(H3,25,26,27,28,29,31). The lowest BCUT2D eigenvalue weighted by molar-refractivity contribution is -0.123. The largest absolute Gasteiger partial charge is 0.454 e. The number of anilines is 4. The molecule has 0 saturated heterocycles. The van der Waals surface area contributed by atoms with Gasteiger partial charge < -0.3 is 25.4 Å². The number of carbonyl (C=O) groups is 2. The molecule has 0 spiro atoms. The highest BCUT2D eigenvalue weighted by Crippen LogP contribution is 2.35. The van der Waals surface area contributed by atoms with Crippen LogP contribution in [0, 0.1) is 0 Å². The Morgan fingerprint density at radius 1 is 1.03 bits per heavy atom. The van der Waals surface area contributed by atoms with Crippen molar-refractivity contribution in [2.45, 2.75) is 12.3 Å². The van der Waals surface area contributed by atoms with Gasteiger partial charge in [0.15, 0.2) is 11.5 Å². The second kappa shape index (κ2) is 8.30. The van der Waals surface area contributed by atoms with Crippen molar-refractivity contribution in [3.8, 4) is 11.5 Å². The maximum absolute atomic E-state index is 13.0. The van der Waals surface area contributed by atoms with Gasteiger partial charge >= 0.3 is 0 Å². The number of aromatic nitrogens is 2. The zero-order chi connectivity index (χ0) is 23.1. The Hall–Kier alpha value is -3.76. The number of H-pyrrole nitrogens is 1. The van der Waals surface area contributed by atoms with Gasteiger partial charge in [-0.15, -0.1) is 0 Å². The van der Waals surface area contributed by atoms with E-state index in [1.807, 2.05) is 0 Å². The predicted molar refractivity (Wildman–Crippen MR) is 122 cm³/mol. The fraction of sp³-hybridized carbons (Fsp3) is 0.143. The second-order valence-electron chi connectivity index (χ2n) is 7.32. The molecule has 33 heavy (non-hydrogen) atoms. The van der Waals surface area contributed by atoms with Crippen molar-refractivity contribution in [2.75, 3.05) is 22.7 Å². The van der Waals surface area contributed by atoms with Crippen molar-refractivity contribution >= 4 is 58.2 Å². The molecule has 3 aromatic rings. The molecule has 0 saturated carbocycles. The fourth-order valence-electron chi connectivity index (χ4n) is 3.62. The topological polar surface area (TPSA) is 134 Å². The van der Waals surface area contributed by atoms with Gasteiger partial charge in [0.05, 0.1) is 11.5 Å². The van der Waals surface area contributed by atoms with E-state index in [1.54, 1.807) is 36.4 Å². The molecule has 0 bridgehead atoms. The number of fused-ring (bicyclic) bond motifs is 2. The highest BCUT2D eigenvalue weighted by Gasteiger charge is 2.35. The second-order valence-corrected chi connectivity index (χ2v) is 8.19. The van der Waals surface area contributed by atoms with Crippen LogP contribution in [0.25, 0.3) is 0 Å². The van der Waals surface area contributed by atoms with Gasteiger partial charge in [0, 0.05) is 33.9 Å². The number of ether oxygens (including phenoxy) is 2. The monoisotopic (exact) mass is 487 g/mol. The molecule has 2 aliphatic heterocycles. The minimum atomic E-state index is -1.04. The van der Waals surface area contributed by atoms with Crippen molar-refractivity contribution in [1.29, 1.82) is 0 Å². The third-order valence-corrected chi connectivity index (χ3v) is 5.47. The van der Waals surface area contributed by atoms with Crippen LogP contribution in [0.3, 0.4) is 0 Å². The lowest BCUT2D eigenvalue weighted by Crippen LogP contribution is -2.36. The number of halogens is 2. The summed E-state index contributed by atoms with van der Waals surface area (Å²) < 4.78 is 10.6. The van der Waals surface area contributed by atoms with Crippen LogP contribution < -0.4 is 31.0 Å². The number of benzene rings is 2. The molecule has 0 aliphatic carbocycles. The van der Waals surface area contributed by atoms with E-state index in [-0.39, 0.29) is 30.5 Å². The summed E-state index contributed by atoms with van der Waals surface area (Å²) in [5.74, 6) is -0.901. The number of rotatable bonds is 4. The molecule has 3 heterocycles. The quantitative estimate of drug-likeness (QED) is 0.441. The van der Waals surface area contributed by atoms with Gasteiger partial charge in [-0.25, -0.2) is 0 Å². The minimum Gasteiger partial charge on any atom is -0.454 e. The Balaban J connectivity index is 1.43. The van der Waals surface area contributed by atoms with Crippen LogP contribution in [-0.2, 0) is 9.59 Å². The van der Waals surface area contributed by atoms with Crippen molar-refractivity contribution in [2.24, 2.45) is 0 Å². The molecule has 0 radical (unpaired) electrons. The lowest BCUT2D eigenvalue weighted by atomic mass is 9.92. The molecule has 0 fully saturated rings. The van der Waals surface area contributed by atoms with Crippen molar-refractivity contribution in [3.63, 3.8) is 0 Å². The Morgan fingerprint density at radius 3 is 2.58 bits per heavy atom. The van der Waals surface area contributed by atoms with E-state index in [0.717, 1.165) is 0 Å². The first kappa shape index (κ1) is 21.1. The Labute approximate surface area is 196 Å². The van der Waals surface area contributed by atoms with Gasteiger partial charge in [-0.1, -0.05) is 23.2 Å². The van der Waals surface area contributed by atoms with Crippen LogP contribution in [0.15, 0.2) is 41.2 Å². The van der Waals surface area contributed by atoms with Crippen LogP contribution in [0.2, 0.25) is 10.0 Å². The summed E-state index contributed by atoms with van der Waals surface area (Å²) in [4.78, 5) is 45.0. The average Bonchev–Trinajstić information content (AvgIpc) is 3.20. The SMILES string of the molecule is O=C1CC(C(=O)Nc2ccc3c(c2)OCO3)c2c(nc(Nc3cc(Cl)cc(Cl)c3)[nH]c2=O)N1. The summed E-state index contributed by atoms with van der Waals surface area (Å²) in [6.45, 7) is 0.0989. The summed E-state index contributed by atoms with van der Waals surface area (Å²) in [5.41, 5.74) is 0.413. The molecule has 2 aliphatic rings. The van der Waals surface area contributed by atoms with Crippen LogP contribution in [0.5, 0.6) is 11.5 Å². The number of hydrogen-bond donors (Lipinski definition) is 4. The Morgan fingerprint density at radius 2 is 1.79 bits per heavy atom. The van der Waals surface area contributed by atoms with E-state index in [2.05, 4.69) is 25.9 Å². The zero-order valence-corrected chi connectivity index (χ0v) is 18.2. The van der Waals surface area contributed by atoms with Gasteiger partial charge in [-0.05, 0) is 30.3 Å². The molecule has 1 atom stereocenters. The van der Waals surface area contributed by atoms with Crippen molar-refractivity contribution in [1.82, 2.24) is 9.97 Å². The van der Waals surface area contributed by atoms with E-state index in [9.17, 15) is 14.4 Å². The van der Waals surface area contributed by atoms with E-state index in [4.69, 9.17) is 32.7 Å². The number of aromatic amines is 1. The zero-order valence-electron chi connectivity index (χ0n) is 16.7. The maximum atomic E-state index is 13.0. The highest BCUT2D eigenvalue weighted by atomic mass is 35.5. The summed E-state index contributed by atoms with van der Waals surface area (Å²) in [6.07, 6.45) is -0.204. The van der Waals surface area contributed by atoms with E-state index < -0.39 is 23.3 Å². The van der Waals surface area contributed by atoms with Crippen molar-refractivity contribution < 1.29 is 19.1 Å². The minimum absolute atomic E-state index is 0.00328. The number of carbonyl (C=O) groups excluding carboxylic acids is 2. The van der Waals surface area contributed by atoms with Gasteiger partial charge in [0.25, 0.3) is 5.56 Å². The number of nitrogens with zero attached hydrogens (tertiary/aromatic N) is 1. The van der Waals surface area contributed by atoms with Gasteiger partial charge in [0.1, 0.15) is 5.82 Å². The molecule has 4 N–H and O–H groups in total. The van der Waals surface area contributed by atoms with Crippen LogP contribution in [0.1, 0.15) is 17.9 Å². The molecule has 1 unspecified atom stereocenters. The molecule has 5 rings (SSSR count). The summed E-state index contributed by atoms with van der Waals surface area (Å²) in [6, 6.07) is 9.64. The summed E-state index contributed by atoms with van der Waals surface area (Å²) in [7, 11) is 0. The molecule has 168 valence electrons. The first-order chi connectivity index (χ1) is 15.9. The van der Waals surface area contributed by atoms with Crippen LogP contribution in [-0.4, -0.2) is 28.6 Å².